The number of nitrogens with zero attached hydrogens (tertiary/aromatic N) is 1. The highest BCUT2D eigenvalue weighted by Gasteiger charge is 2.28. The van der Waals surface area contributed by atoms with E-state index in [2.05, 4.69) is 31.4 Å². The van der Waals surface area contributed by atoms with Crippen LogP contribution in [0.25, 0.3) is 0 Å². The van der Waals surface area contributed by atoms with Gasteiger partial charge in [0.15, 0.2) is 0 Å². The second-order valence-electron chi connectivity index (χ2n) is 5.32. The van der Waals surface area contributed by atoms with Gasteiger partial charge in [-0.15, -0.1) is 11.3 Å². The molecule has 0 aliphatic carbocycles. The van der Waals surface area contributed by atoms with Crippen LogP contribution in [0.4, 0.5) is 0 Å². The van der Waals surface area contributed by atoms with Crippen LogP contribution in [0.1, 0.15) is 38.0 Å². The van der Waals surface area contributed by atoms with Gasteiger partial charge in [0.2, 0.25) is 5.91 Å². The van der Waals surface area contributed by atoms with Crippen molar-refractivity contribution in [2.45, 2.75) is 51.6 Å². The van der Waals surface area contributed by atoms with Crippen molar-refractivity contribution in [3.63, 3.8) is 0 Å². The second-order valence-corrected chi connectivity index (χ2v) is 6.36. The molecule has 3 nitrogen and oxygen atoms in total. The molecule has 106 valence electrons. The van der Waals surface area contributed by atoms with Crippen LogP contribution in [0.3, 0.4) is 0 Å². The lowest BCUT2D eigenvalue weighted by molar-refractivity contribution is -0.144. The molecule has 0 N–H and O–H groups in total. The van der Waals surface area contributed by atoms with Crippen molar-refractivity contribution in [2.75, 3.05) is 13.2 Å². The summed E-state index contributed by atoms with van der Waals surface area (Å²) in [7, 11) is 0. The Morgan fingerprint density at radius 2 is 2.11 bits per heavy atom. The van der Waals surface area contributed by atoms with Crippen molar-refractivity contribution in [1.82, 2.24) is 4.90 Å². The zero-order valence-electron chi connectivity index (χ0n) is 11.8. The van der Waals surface area contributed by atoms with E-state index in [0.717, 1.165) is 19.3 Å². The summed E-state index contributed by atoms with van der Waals surface area (Å²) in [5.74, 6) is 0.287. The van der Waals surface area contributed by atoms with Crippen LogP contribution in [-0.2, 0) is 16.0 Å². The smallest absolute Gasteiger partial charge is 0.223 e. The number of carbonyl (C=O) groups is 1. The highest BCUT2D eigenvalue weighted by molar-refractivity contribution is 7.09. The fraction of sp³-hybridized carbons (Fsp3) is 0.667. The van der Waals surface area contributed by atoms with E-state index in [0.29, 0.717) is 19.6 Å². The first kappa shape index (κ1) is 14.5. The van der Waals surface area contributed by atoms with Crippen molar-refractivity contribution in [2.24, 2.45) is 0 Å². The van der Waals surface area contributed by atoms with Gasteiger partial charge in [0.05, 0.1) is 25.3 Å². The highest BCUT2D eigenvalue weighted by atomic mass is 32.1. The number of rotatable bonds is 5. The van der Waals surface area contributed by atoms with Gasteiger partial charge in [0.25, 0.3) is 0 Å². The van der Waals surface area contributed by atoms with E-state index in [9.17, 15) is 4.79 Å². The average Bonchev–Trinajstić information content (AvgIpc) is 2.87. The van der Waals surface area contributed by atoms with Crippen molar-refractivity contribution in [3.05, 3.63) is 22.4 Å². The topological polar surface area (TPSA) is 29.5 Å². The zero-order valence-corrected chi connectivity index (χ0v) is 12.6. The maximum Gasteiger partial charge on any atom is 0.223 e. The molecule has 1 saturated heterocycles. The number of amides is 1. The maximum atomic E-state index is 12.3. The predicted octanol–water partition coefficient (Wildman–Crippen LogP) is 3.10. The molecule has 1 aliphatic rings. The minimum Gasteiger partial charge on any atom is -0.377 e. The number of hydrogen-bond donors (Lipinski definition) is 0. The first-order chi connectivity index (χ1) is 9.18. The Balaban J connectivity index is 1.71. The monoisotopic (exact) mass is 281 g/mol. The molecule has 1 aromatic rings. The summed E-state index contributed by atoms with van der Waals surface area (Å²) in [6.45, 7) is 5.48. The summed E-state index contributed by atoms with van der Waals surface area (Å²) in [5.41, 5.74) is 0. The van der Waals surface area contributed by atoms with E-state index >= 15 is 0 Å². The summed E-state index contributed by atoms with van der Waals surface area (Å²) < 4.78 is 5.46. The average molecular weight is 281 g/mol. The van der Waals surface area contributed by atoms with Crippen molar-refractivity contribution >= 4 is 17.2 Å². The lowest BCUT2D eigenvalue weighted by Crippen LogP contribution is -2.52. The Bertz CT molecular complexity index is 381. The summed E-state index contributed by atoms with van der Waals surface area (Å²) >= 11 is 1.80. The van der Waals surface area contributed by atoms with Gasteiger partial charge in [0.1, 0.15) is 0 Å². The van der Waals surface area contributed by atoms with Crippen LogP contribution < -0.4 is 0 Å². The fourth-order valence-corrected chi connectivity index (χ4v) is 3.41. The minimum absolute atomic E-state index is 0.216. The van der Waals surface area contributed by atoms with Gasteiger partial charge in [-0.1, -0.05) is 6.07 Å². The Morgan fingerprint density at radius 3 is 2.74 bits per heavy atom. The molecule has 0 radical (unpaired) electrons. The van der Waals surface area contributed by atoms with Crippen LogP contribution in [0.15, 0.2) is 17.5 Å². The van der Waals surface area contributed by atoms with Crippen LogP contribution in [0.2, 0.25) is 0 Å². The number of thiophene rings is 1. The lowest BCUT2D eigenvalue weighted by atomic mass is 10.1. The molecular formula is C15H23NO2S. The SMILES string of the molecule is CC1COCC(C)N1C(=O)CCCCc1cccs1. The molecule has 2 atom stereocenters. The Morgan fingerprint density at radius 1 is 1.37 bits per heavy atom. The van der Waals surface area contributed by atoms with Crippen LogP contribution in [0, 0.1) is 0 Å². The molecule has 1 aliphatic heterocycles. The van der Waals surface area contributed by atoms with E-state index in [1.165, 1.54) is 4.88 Å². The first-order valence-electron chi connectivity index (χ1n) is 7.09. The van der Waals surface area contributed by atoms with Crippen molar-refractivity contribution < 1.29 is 9.53 Å². The van der Waals surface area contributed by atoms with Gasteiger partial charge >= 0.3 is 0 Å². The normalized spacial score (nSPS) is 23.6. The summed E-state index contributed by atoms with van der Waals surface area (Å²) in [6.07, 6.45) is 3.84. The number of unbranched alkanes of at least 4 members (excludes halogenated alkanes) is 1. The van der Waals surface area contributed by atoms with E-state index in [1.807, 2.05) is 4.90 Å². The number of hydrogen-bond acceptors (Lipinski definition) is 3. The zero-order chi connectivity index (χ0) is 13.7. The molecule has 0 saturated carbocycles. The summed E-state index contributed by atoms with van der Waals surface area (Å²) in [5, 5.41) is 2.11. The molecule has 1 fully saturated rings. The van der Waals surface area contributed by atoms with E-state index < -0.39 is 0 Å². The molecule has 1 amide bonds. The first-order valence-corrected chi connectivity index (χ1v) is 7.97. The number of carbonyl (C=O) groups excluding carboxylic acids is 1. The molecule has 2 unspecified atom stereocenters. The minimum atomic E-state index is 0.216. The Labute approximate surface area is 119 Å². The van der Waals surface area contributed by atoms with Crippen LogP contribution >= 0.6 is 11.3 Å². The van der Waals surface area contributed by atoms with Crippen molar-refractivity contribution in [3.8, 4) is 0 Å². The molecule has 0 spiro atoms. The molecular weight excluding hydrogens is 258 g/mol. The molecule has 2 rings (SSSR count). The molecule has 1 aromatic heterocycles. The lowest BCUT2D eigenvalue weighted by Gasteiger charge is -2.38. The molecule has 2 heterocycles. The van der Waals surface area contributed by atoms with Gasteiger partial charge in [-0.2, -0.15) is 0 Å². The van der Waals surface area contributed by atoms with E-state index in [-0.39, 0.29) is 18.0 Å². The maximum absolute atomic E-state index is 12.3. The standard InChI is InChI=1S/C15H23NO2S/c1-12-10-18-11-13(2)16(12)15(17)8-4-3-6-14-7-5-9-19-14/h5,7,9,12-13H,3-4,6,8,10-11H2,1-2H3. The van der Waals surface area contributed by atoms with E-state index in [4.69, 9.17) is 4.74 Å². The second kappa shape index (κ2) is 7.06. The van der Waals surface area contributed by atoms with Gasteiger partial charge in [0, 0.05) is 11.3 Å². The molecule has 0 aromatic carbocycles. The van der Waals surface area contributed by atoms with Crippen LogP contribution in [0.5, 0.6) is 0 Å². The number of morpholine rings is 1. The van der Waals surface area contributed by atoms with Gasteiger partial charge in [-0.25, -0.2) is 0 Å². The van der Waals surface area contributed by atoms with Crippen molar-refractivity contribution in [1.29, 1.82) is 0 Å². The summed E-state index contributed by atoms with van der Waals surface area (Å²) in [4.78, 5) is 15.7. The number of ether oxygens (including phenoxy) is 1. The molecule has 0 bridgehead atoms. The highest BCUT2D eigenvalue weighted by Crippen LogP contribution is 2.17. The third-order valence-electron chi connectivity index (χ3n) is 3.60. The van der Waals surface area contributed by atoms with Crippen LogP contribution in [-0.4, -0.2) is 36.1 Å². The Hall–Kier alpha value is -0.870. The Kier molecular flexibility index (Phi) is 5.40. The number of aryl methyl sites for hydroxylation is 1. The summed E-state index contributed by atoms with van der Waals surface area (Å²) in [6, 6.07) is 4.68. The molecule has 19 heavy (non-hydrogen) atoms. The van der Waals surface area contributed by atoms with E-state index in [1.54, 1.807) is 11.3 Å². The molecule has 4 heteroatoms. The third-order valence-corrected chi connectivity index (χ3v) is 4.54. The van der Waals surface area contributed by atoms with Gasteiger partial charge in [-0.05, 0) is 44.6 Å². The largest absolute Gasteiger partial charge is 0.377 e. The fourth-order valence-electron chi connectivity index (χ4n) is 2.66. The quantitative estimate of drug-likeness (QED) is 0.776. The van der Waals surface area contributed by atoms with Gasteiger partial charge < -0.3 is 9.64 Å². The third kappa shape index (κ3) is 4.05. The predicted molar refractivity (Wildman–Crippen MR) is 78.5 cm³/mol. The van der Waals surface area contributed by atoms with Gasteiger partial charge in [-0.3, -0.25) is 4.79 Å².